The van der Waals surface area contributed by atoms with Crippen LogP contribution in [-0.2, 0) is 16.1 Å². The van der Waals surface area contributed by atoms with Gasteiger partial charge in [-0.3, -0.25) is 9.59 Å². The standard InChI is InChI=1S/C17H15FN6O2/c1-11-21-22-23-24(11)15-7-3-6-14(9-15)20-17(26)16(25)19-10-12-4-2-5-13(18)8-12/h2-9H,10H2,1H3,(H,19,25)(H,20,26). The van der Waals surface area contributed by atoms with Gasteiger partial charge in [-0.05, 0) is 53.2 Å². The zero-order valence-corrected chi connectivity index (χ0v) is 13.8. The van der Waals surface area contributed by atoms with Crippen LogP contribution in [0.5, 0.6) is 0 Å². The summed E-state index contributed by atoms with van der Waals surface area (Å²) in [4.78, 5) is 23.9. The Kier molecular flexibility index (Phi) is 4.97. The minimum absolute atomic E-state index is 0.0495. The van der Waals surface area contributed by atoms with Gasteiger partial charge in [0.05, 0.1) is 5.69 Å². The van der Waals surface area contributed by atoms with Gasteiger partial charge in [0.15, 0.2) is 5.82 Å². The molecule has 0 spiro atoms. The third-order valence-corrected chi connectivity index (χ3v) is 3.52. The molecule has 132 valence electrons. The van der Waals surface area contributed by atoms with Crippen molar-refractivity contribution in [3.63, 3.8) is 0 Å². The molecule has 2 aromatic carbocycles. The van der Waals surface area contributed by atoms with Gasteiger partial charge < -0.3 is 10.6 Å². The number of halogens is 1. The van der Waals surface area contributed by atoms with Crippen LogP contribution >= 0.6 is 0 Å². The van der Waals surface area contributed by atoms with Crippen LogP contribution in [0.25, 0.3) is 5.69 Å². The summed E-state index contributed by atoms with van der Waals surface area (Å²) in [5, 5.41) is 16.1. The zero-order valence-electron chi connectivity index (χ0n) is 13.8. The van der Waals surface area contributed by atoms with Gasteiger partial charge in [0.2, 0.25) is 0 Å². The third-order valence-electron chi connectivity index (χ3n) is 3.52. The molecule has 1 aromatic heterocycles. The van der Waals surface area contributed by atoms with Crippen molar-refractivity contribution in [2.45, 2.75) is 13.5 Å². The predicted octanol–water partition coefficient (Wildman–Crippen LogP) is 1.36. The predicted molar refractivity (Wildman–Crippen MR) is 90.8 cm³/mol. The topological polar surface area (TPSA) is 102 Å². The highest BCUT2D eigenvalue weighted by atomic mass is 19.1. The molecule has 3 aromatic rings. The van der Waals surface area contributed by atoms with Gasteiger partial charge in [-0.25, -0.2) is 4.39 Å². The minimum atomic E-state index is -0.827. The number of aromatic nitrogens is 4. The van der Waals surface area contributed by atoms with E-state index in [9.17, 15) is 14.0 Å². The van der Waals surface area contributed by atoms with E-state index in [-0.39, 0.29) is 6.54 Å². The van der Waals surface area contributed by atoms with Crippen molar-refractivity contribution in [1.29, 1.82) is 0 Å². The molecule has 0 saturated carbocycles. The number of benzene rings is 2. The Balaban J connectivity index is 1.62. The largest absolute Gasteiger partial charge is 0.344 e. The third kappa shape index (κ3) is 4.07. The second-order valence-corrected chi connectivity index (χ2v) is 5.45. The van der Waals surface area contributed by atoms with Gasteiger partial charge in [-0.15, -0.1) is 5.10 Å². The Labute approximate surface area is 148 Å². The quantitative estimate of drug-likeness (QED) is 0.689. The van der Waals surface area contributed by atoms with Crippen molar-refractivity contribution in [3.8, 4) is 5.69 Å². The van der Waals surface area contributed by atoms with E-state index in [4.69, 9.17) is 0 Å². The van der Waals surface area contributed by atoms with E-state index in [0.29, 0.717) is 22.8 Å². The normalized spacial score (nSPS) is 10.4. The van der Waals surface area contributed by atoms with Gasteiger partial charge in [0.1, 0.15) is 5.82 Å². The molecule has 0 aliphatic heterocycles. The summed E-state index contributed by atoms with van der Waals surface area (Å²) in [7, 11) is 0. The maximum absolute atomic E-state index is 13.1. The maximum atomic E-state index is 13.1. The Hall–Kier alpha value is -3.62. The summed E-state index contributed by atoms with van der Waals surface area (Å²) in [6.45, 7) is 1.79. The van der Waals surface area contributed by atoms with Gasteiger partial charge in [-0.1, -0.05) is 18.2 Å². The molecule has 0 atom stereocenters. The summed E-state index contributed by atoms with van der Waals surface area (Å²) in [6, 6.07) is 12.5. The highest BCUT2D eigenvalue weighted by Crippen LogP contribution is 2.14. The van der Waals surface area contributed by atoms with Gasteiger partial charge in [0, 0.05) is 12.2 Å². The van der Waals surface area contributed by atoms with Crippen molar-refractivity contribution in [2.24, 2.45) is 0 Å². The van der Waals surface area contributed by atoms with E-state index in [1.807, 2.05) is 0 Å². The fourth-order valence-corrected chi connectivity index (χ4v) is 2.28. The number of nitrogens with zero attached hydrogens (tertiary/aromatic N) is 4. The molecule has 0 fully saturated rings. The second kappa shape index (κ2) is 7.51. The van der Waals surface area contributed by atoms with Crippen LogP contribution in [0.15, 0.2) is 48.5 Å². The molecular weight excluding hydrogens is 339 g/mol. The number of carbonyl (C=O) groups is 2. The molecule has 0 aliphatic rings. The van der Waals surface area contributed by atoms with Crippen molar-refractivity contribution in [1.82, 2.24) is 25.5 Å². The number of carbonyl (C=O) groups excluding carboxylic acids is 2. The SMILES string of the molecule is Cc1nnnn1-c1cccc(NC(=O)C(=O)NCc2cccc(F)c2)c1. The minimum Gasteiger partial charge on any atom is -0.344 e. The lowest BCUT2D eigenvalue weighted by Gasteiger charge is -2.08. The maximum Gasteiger partial charge on any atom is 0.313 e. The number of tetrazole rings is 1. The number of aryl methyl sites for hydroxylation is 1. The van der Waals surface area contributed by atoms with Gasteiger partial charge in [-0.2, -0.15) is 4.68 Å². The molecule has 3 rings (SSSR count). The highest BCUT2D eigenvalue weighted by molar-refractivity contribution is 6.39. The molecule has 2 N–H and O–H groups in total. The van der Waals surface area contributed by atoms with Crippen molar-refractivity contribution in [2.75, 3.05) is 5.32 Å². The Morgan fingerprint density at radius 2 is 1.92 bits per heavy atom. The molecule has 9 heteroatoms. The summed E-state index contributed by atoms with van der Waals surface area (Å²) < 4.78 is 14.6. The van der Waals surface area contributed by atoms with Crippen LogP contribution in [0, 0.1) is 12.7 Å². The van der Waals surface area contributed by atoms with E-state index >= 15 is 0 Å². The number of hydrogen-bond acceptors (Lipinski definition) is 5. The zero-order chi connectivity index (χ0) is 18.5. The molecule has 2 amide bonds. The average molecular weight is 354 g/mol. The molecular formula is C17H15FN6O2. The van der Waals surface area contributed by atoms with Crippen molar-refractivity contribution < 1.29 is 14.0 Å². The lowest BCUT2D eigenvalue weighted by molar-refractivity contribution is -0.136. The van der Waals surface area contributed by atoms with Crippen molar-refractivity contribution in [3.05, 3.63) is 65.7 Å². The number of nitrogens with one attached hydrogen (secondary N) is 2. The van der Waals surface area contributed by atoms with E-state index in [1.54, 1.807) is 37.3 Å². The van der Waals surface area contributed by atoms with E-state index < -0.39 is 17.6 Å². The number of amides is 2. The first-order valence-corrected chi connectivity index (χ1v) is 7.72. The molecule has 8 nitrogen and oxygen atoms in total. The Morgan fingerprint density at radius 1 is 1.12 bits per heavy atom. The fourth-order valence-electron chi connectivity index (χ4n) is 2.28. The molecule has 0 bridgehead atoms. The number of rotatable bonds is 4. The molecule has 26 heavy (non-hydrogen) atoms. The summed E-state index contributed by atoms with van der Waals surface area (Å²) >= 11 is 0. The molecule has 0 radical (unpaired) electrons. The van der Waals surface area contributed by atoms with Crippen LogP contribution in [-0.4, -0.2) is 32.0 Å². The molecule has 0 aliphatic carbocycles. The van der Waals surface area contributed by atoms with Gasteiger partial charge >= 0.3 is 11.8 Å². The first-order chi connectivity index (χ1) is 12.5. The number of anilines is 1. The smallest absolute Gasteiger partial charge is 0.313 e. The number of hydrogen-bond donors (Lipinski definition) is 2. The lowest BCUT2D eigenvalue weighted by Crippen LogP contribution is -2.35. The van der Waals surface area contributed by atoms with Crippen LogP contribution in [0.2, 0.25) is 0 Å². The van der Waals surface area contributed by atoms with Gasteiger partial charge in [0.25, 0.3) is 0 Å². The van der Waals surface area contributed by atoms with Crippen LogP contribution < -0.4 is 10.6 Å². The van der Waals surface area contributed by atoms with E-state index in [0.717, 1.165) is 0 Å². The van der Waals surface area contributed by atoms with Crippen molar-refractivity contribution >= 4 is 17.5 Å². The van der Waals surface area contributed by atoms with Crippen LogP contribution in [0.3, 0.4) is 0 Å². The Bertz CT molecular complexity index is 956. The molecule has 0 unspecified atom stereocenters. The Morgan fingerprint density at radius 3 is 2.65 bits per heavy atom. The summed E-state index contributed by atoms with van der Waals surface area (Å²) in [6.07, 6.45) is 0. The fraction of sp³-hybridized carbons (Fsp3) is 0.118. The summed E-state index contributed by atoms with van der Waals surface area (Å²) in [5.41, 5.74) is 1.62. The highest BCUT2D eigenvalue weighted by Gasteiger charge is 2.14. The van der Waals surface area contributed by atoms with Crippen LogP contribution in [0.1, 0.15) is 11.4 Å². The summed E-state index contributed by atoms with van der Waals surface area (Å²) in [5.74, 6) is -1.47. The van der Waals surface area contributed by atoms with E-state index in [1.165, 1.54) is 22.9 Å². The van der Waals surface area contributed by atoms with E-state index in [2.05, 4.69) is 26.2 Å². The van der Waals surface area contributed by atoms with Crippen LogP contribution in [0.4, 0.5) is 10.1 Å². The monoisotopic (exact) mass is 354 g/mol. The second-order valence-electron chi connectivity index (χ2n) is 5.45. The average Bonchev–Trinajstić information content (AvgIpc) is 3.06. The molecule has 0 saturated heterocycles. The first kappa shape index (κ1) is 17.2. The lowest BCUT2D eigenvalue weighted by atomic mass is 10.2. The molecule has 1 heterocycles. The first-order valence-electron chi connectivity index (χ1n) is 7.72.